The highest BCUT2D eigenvalue weighted by atomic mass is 32.2. The van der Waals surface area contributed by atoms with Crippen LogP contribution in [0.5, 0.6) is 0 Å². The fourth-order valence-electron chi connectivity index (χ4n) is 3.25. The van der Waals surface area contributed by atoms with Crippen molar-refractivity contribution < 1.29 is 22.4 Å². The van der Waals surface area contributed by atoms with Crippen LogP contribution in [0.2, 0.25) is 0 Å². The second-order valence-corrected chi connectivity index (χ2v) is 8.45. The first-order valence-corrected chi connectivity index (χ1v) is 10.5. The Balaban J connectivity index is 1.64. The highest BCUT2D eigenvalue weighted by Gasteiger charge is 2.15. The standard InChI is InChI=1S/C22H17NO6S/c1-23-30(26,27)17-9-6-15(7-10-17)22(25)28-13-16-12-20(24)29-19-11-8-14-4-2-3-5-18(14)21(16)19/h2-12,23H,13H2,1H3. The Labute approximate surface area is 171 Å². The largest absolute Gasteiger partial charge is 0.457 e. The molecule has 8 heteroatoms. The monoisotopic (exact) mass is 423 g/mol. The van der Waals surface area contributed by atoms with Crippen molar-refractivity contribution in [1.82, 2.24) is 4.72 Å². The molecule has 4 rings (SSSR count). The molecule has 0 aliphatic carbocycles. The van der Waals surface area contributed by atoms with Gasteiger partial charge in [-0.3, -0.25) is 0 Å². The summed E-state index contributed by atoms with van der Waals surface area (Å²) in [5, 5.41) is 2.55. The van der Waals surface area contributed by atoms with Gasteiger partial charge in [-0.15, -0.1) is 0 Å². The first-order chi connectivity index (χ1) is 14.4. The molecule has 152 valence electrons. The Morgan fingerprint density at radius 2 is 1.77 bits per heavy atom. The van der Waals surface area contributed by atoms with Gasteiger partial charge in [0.2, 0.25) is 10.0 Å². The van der Waals surface area contributed by atoms with Crippen LogP contribution < -0.4 is 10.3 Å². The number of hydrogen-bond acceptors (Lipinski definition) is 6. The van der Waals surface area contributed by atoms with Gasteiger partial charge in [-0.1, -0.05) is 30.3 Å². The molecular formula is C22H17NO6S. The van der Waals surface area contributed by atoms with Crippen LogP contribution in [0.3, 0.4) is 0 Å². The lowest BCUT2D eigenvalue weighted by atomic mass is 10.0. The smallest absolute Gasteiger partial charge is 0.338 e. The number of carbonyl (C=O) groups excluding carboxylic acids is 1. The molecular weight excluding hydrogens is 406 g/mol. The van der Waals surface area contributed by atoms with E-state index < -0.39 is 21.6 Å². The molecule has 4 aromatic rings. The summed E-state index contributed by atoms with van der Waals surface area (Å²) in [4.78, 5) is 24.4. The summed E-state index contributed by atoms with van der Waals surface area (Å²) < 4.78 is 36.5. The summed E-state index contributed by atoms with van der Waals surface area (Å²) >= 11 is 0. The third kappa shape index (κ3) is 3.70. The third-order valence-electron chi connectivity index (χ3n) is 4.74. The molecule has 1 heterocycles. The summed E-state index contributed by atoms with van der Waals surface area (Å²) in [6.07, 6.45) is 0. The van der Waals surface area contributed by atoms with Crippen molar-refractivity contribution in [3.8, 4) is 0 Å². The summed E-state index contributed by atoms with van der Waals surface area (Å²) in [7, 11) is -2.29. The molecule has 0 aliphatic rings. The average molecular weight is 423 g/mol. The molecule has 0 radical (unpaired) electrons. The van der Waals surface area contributed by atoms with Crippen molar-refractivity contribution in [3.63, 3.8) is 0 Å². The van der Waals surface area contributed by atoms with Crippen LogP contribution in [-0.4, -0.2) is 21.4 Å². The summed E-state index contributed by atoms with van der Waals surface area (Å²) in [6, 6.07) is 17.9. The van der Waals surface area contributed by atoms with Crippen LogP contribution in [0.25, 0.3) is 21.7 Å². The van der Waals surface area contributed by atoms with E-state index in [-0.39, 0.29) is 17.1 Å². The quantitative estimate of drug-likeness (QED) is 0.300. The minimum Gasteiger partial charge on any atom is -0.457 e. The van der Waals surface area contributed by atoms with Crippen LogP contribution in [-0.2, 0) is 21.4 Å². The molecule has 0 aliphatic heterocycles. The molecule has 0 fully saturated rings. The van der Waals surface area contributed by atoms with Gasteiger partial charge >= 0.3 is 11.6 Å². The lowest BCUT2D eigenvalue weighted by Crippen LogP contribution is -2.18. The zero-order valence-corrected chi connectivity index (χ0v) is 16.7. The zero-order valence-electron chi connectivity index (χ0n) is 15.9. The Kier molecular flexibility index (Phi) is 5.11. The van der Waals surface area contributed by atoms with Gasteiger partial charge in [-0.05, 0) is 48.2 Å². The van der Waals surface area contributed by atoms with E-state index in [2.05, 4.69) is 4.72 Å². The normalized spacial score (nSPS) is 11.6. The van der Waals surface area contributed by atoms with Crippen molar-refractivity contribution in [2.75, 3.05) is 7.05 Å². The summed E-state index contributed by atoms with van der Waals surface area (Å²) in [5.41, 5.74) is 0.599. The molecule has 7 nitrogen and oxygen atoms in total. The summed E-state index contributed by atoms with van der Waals surface area (Å²) in [5.74, 6) is -0.634. The minimum absolute atomic E-state index is 0.0414. The maximum Gasteiger partial charge on any atom is 0.338 e. The Morgan fingerprint density at radius 3 is 2.50 bits per heavy atom. The van der Waals surface area contributed by atoms with Gasteiger partial charge < -0.3 is 9.15 Å². The SMILES string of the molecule is CNS(=O)(=O)c1ccc(C(=O)OCc2cc(=O)oc3ccc4ccccc4c23)cc1. The van der Waals surface area contributed by atoms with Crippen molar-refractivity contribution in [2.45, 2.75) is 11.5 Å². The molecule has 1 N–H and O–H groups in total. The fraction of sp³-hybridized carbons (Fsp3) is 0.0909. The molecule has 0 spiro atoms. The van der Waals surface area contributed by atoms with Crippen LogP contribution in [0, 0.1) is 0 Å². The lowest BCUT2D eigenvalue weighted by molar-refractivity contribution is 0.0473. The maximum atomic E-state index is 12.4. The van der Waals surface area contributed by atoms with Gasteiger partial charge in [-0.25, -0.2) is 22.7 Å². The highest BCUT2D eigenvalue weighted by Crippen LogP contribution is 2.28. The van der Waals surface area contributed by atoms with E-state index in [1.807, 2.05) is 30.3 Å². The number of fused-ring (bicyclic) bond motifs is 3. The van der Waals surface area contributed by atoms with E-state index in [9.17, 15) is 18.0 Å². The molecule has 0 saturated carbocycles. The number of rotatable bonds is 5. The summed E-state index contributed by atoms with van der Waals surface area (Å²) in [6.45, 7) is -0.133. The lowest BCUT2D eigenvalue weighted by Gasteiger charge is -2.10. The second kappa shape index (κ2) is 7.74. The van der Waals surface area contributed by atoms with Crippen LogP contribution in [0.15, 0.2) is 80.8 Å². The van der Waals surface area contributed by atoms with Gasteiger partial charge in [0.25, 0.3) is 0 Å². The minimum atomic E-state index is -3.59. The van der Waals surface area contributed by atoms with E-state index >= 15 is 0 Å². The molecule has 0 saturated heterocycles. The van der Waals surface area contributed by atoms with Gasteiger partial charge in [-0.2, -0.15) is 0 Å². The Hall–Kier alpha value is -3.49. The number of sulfonamides is 1. The van der Waals surface area contributed by atoms with Crippen molar-refractivity contribution in [3.05, 3.63) is 88.3 Å². The fourth-order valence-corrected chi connectivity index (χ4v) is 3.98. The average Bonchev–Trinajstić information content (AvgIpc) is 2.76. The molecule has 0 amide bonds. The Morgan fingerprint density at radius 1 is 1.03 bits per heavy atom. The number of hydrogen-bond donors (Lipinski definition) is 1. The van der Waals surface area contributed by atoms with Gasteiger partial charge in [0.1, 0.15) is 12.2 Å². The number of nitrogens with one attached hydrogen (secondary N) is 1. The molecule has 0 bridgehead atoms. The predicted molar refractivity (Wildman–Crippen MR) is 112 cm³/mol. The highest BCUT2D eigenvalue weighted by molar-refractivity contribution is 7.89. The number of carbonyl (C=O) groups is 1. The first kappa shape index (κ1) is 19.8. The van der Waals surface area contributed by atoms with Crippen LogP contribution in [0.4, 0.5) is 0 Å². The van der Waals surface area contributed by atoms with E-state index in [1.54, 1.807) is 6.07 Å². The number of benzene rings is 3. The predicted octanol–water partition coefficient (Wildman–Crippen LogP) is 3.21. The second-order valence-electron chi connectivity index (χ2n) is 6.56. The van der Waals surface area contributed by atoms with Crippen LogP contribution >= 0.6 is 0 Å². The van der Waals surface area contributed by atoms with Crippen molar-refractivity contribution in [1.29, 1.82) is 0 Å². The zero-order chi connectivity index (χ0) is 21.3. The molecule has 30 heavy (non-hydrogen) atoms. The van der Waals surface area contributed by atoms with E-state index in [0.717, 1.165) is 10.8 Å². The molecule has 0 unspecified atom stereocenters. The molecule has 3 aromatic carbocycles. The van der Waals surface area contributed by atoms with Crippen molar-refractivity contribution >= 4 is 37.7 Å². The molecule has 0 atom stereocenters. The van der Waals surface area contributed by atoms with E-state index in [4.69, 9.17) is 9.15 Å². The molecule has 1 aromatic heterocycles. The third-order valence-corrected chi connectivity index (χ3v) is 6.17. The van der Waals surface area contributed by atoms with Gasteiger partial charge in [0, 0.05) is 17.0 Å². The number of esters is 1. The van der Waals surface area contributed by atoms with E-state index in [1.165, 1.54) is 37.4 Å². The maximum absolute atomic E-state index is 12.4. The van der Waals surface area contributed by atoms with Crippen LogP contribution in [0.1, 0.15) is 15.9 Å². The van der Waals surface area contributed by atoms with Gasteiger partial charge in [0.05, 0.1) is 10.5 Å². The number of ether oxygens (including phenoxy) is 1. The Bertz CT molecular complexity index is 1420. The van der Waals surface area contributed by atoms with Crippen molar-refractivity contribution in [2.24, 2.45) is 0 Å². The first-order valence-electron chi connectivity index (χ1n) is 9.04. The van der Waals surface area contributed by atoms with E-state index in [0.29, 0.717) is 16.5 Å². The topological polar surface area (TPSA) is 103 Å². The van der Waals surface area contributed by atoms with Gasteiger partial charge in [0.15, 0.2) is 0 Å².